The maximum Gasteiger partial charge on any atom is 0.280 e. The van der Waals surface area contributed by atoms with Crippen LogP contribution in [0.4, 0.5) is 0 Å². The Labute approximate surface area is 246 Å². The SMILES string of the molecule is C[C@@H](NS(=O)(=O)N1CCOCC1)C(=O)N[C@H](CC(N)=O)C(=O)NC(Cc1ccccc1)C1OC1CCc1ccccc1. The van der Waals surface area contributed by atoms with Gasteiger partial charge >= 0.3 is 0 Å². The fraction of sp³-hybridized carbons (Fsp3) is 0.483. The molecule has 0 bridgehead atoms. The molecule has 2 aliphatic heterocycles. The highest BCUT2D eigenvalue weighted by molar-refractivity contribution is 7.87. The van der Waals surface area contributed by atoms with Crippen LogP contribution in [0.5, 0.6) is 0 Å². The van der Waals surface area contributed by atoms with E-state index in [-0.39, 0.29) is 38.5 Å². The molecule has 13 heteroatoms. The van der Waals surface area contributed by atoms with Crippen molar-refractivity contribution >= 4 is 27.9 Å². The lowest BCUT2D eigenvalue weighted by atomic mass is 9.98. The smallest absolute Gasteiger partial charge is 0.280 e. The van der Waals surface area contributed by atoms with E-state index in [4.69, 9.17) is 15.2 Å². The van der Waals surface area contributed by atoms with E-state index in [9.17, 15) is 22.8 Å². The summed E-state index contributed by atoms with van der Waals surface area (Å²) in [5.74, 6) is -2.17. The van der Waals surface area contributed by atoms with Crippen LogP contribution >= 0.6 is 0 Å². The third-order valence-corrected chi connectivity index (χ3v) is 8.97. The number of aryl methyl sites for hydroxylation is 1. The number of hydrogen-bond acceptors (Lipinski definition) is 7. The summed E-state index contributed by atoms with van der Waals surface area (Å²) in [6.45, 7) is 2.19. The first-order valence-electron chi connectivity index (χ1n) is 14.1. The highest BCUT2D eigenvalue weighted by Crippen LogP contribution is 2.31. The number of hydrogen-bond donors (Lipinski definition) is 4. The van der Waals surface area contributed by atoms with Crippen molar-refractivity contribution in [1.82, 2.24) is 19.7 Å². The molecule has 4 rings (SSSR count). The van der Waals surface area contributed by atoms with Crippen LogP contribution < -0.4 is 21.1 Å². The summed E-state index contributed by atoms with van der Waals surface area (Å²) < 4.78 is 40.0. The van der Waals surface area contributed by atoms with Crippen LogP contribution in [-0.2, 0) is 46.9 Å². The van der Waals surface area contributed by atoms with Gasteiger partial charge < -0.3 is 25.8 Å². The molecule has 5 atom stereocenters. The molecule has 0 aromatic heterocycles. The molecular weight excluding hydrogens is 562 g/mol. The van der Waals surface area contributed by atoms with Crippen LogP contribution in [-0.4, -0.2) is 87.1 Å². The van der Waals surface area contributed by atoms with Gasteiger partial charge in [-0.3, -0.25) is 14.4 Å². The minimum atomic E-state index is -3.96. The lowest BCUT2D eigenvalue weighted by Crippen LogP contribution is -2.57. The number of epoxide rings is 1. The Morgan fingerprint density at radius 2 is 1.57 bits per heavy atom. The van der Waals surface area contributed by atoms with Crippen molar-refractivity contribution in [3.8, 4) is 0 Å². The van der Waals surface area contributed by atoms with E-state index in [1.165, 1.54) is 16.8 Å². The summed E-state index contributed by atoms with van der Waals surface area (Å²) in [4.78, 5) is 38.2. The van der Waals surface area contributed by atoms with Gasteiger partial charge in [0.2, 0.25) is 17.7 Å². The van der Waals surface area contributed by atoms with E-state index in [0.717, 1.165) is 18.4 Å². The Hall–Kier alpha value is -3.36. The topological polar surface area (TPSA) is 172 Å². The standard InChI is InChI=1S/C29H39N5O7S/c1-20(33-42(38,39)34-14-16-40-17-15-34)28(36)32-24(19-26(30)35)29(37)31-23(18-22-10-6-3-7-11-22)27-25(41-27)13-12-21-8-4-2-5-9-21/h2-11,20,23-25,27,33H,12-19H2,1H3,(H2,30,35)(H,31,37)(H,32,36)/t20-,23?,24-,25?,27?/m1/s1. The Morgan fingerprint density at radius 1 is 0.952 bits per heavy atom. The van der Waals surface area contributed by atoms with Gasteiger partial charge in [-0.2, -0.15) is 17.4 Å². The van der Waals surface area contributed by atoms with Crippen molar-refractivity contribution in [2.75, 3.05) is 26.3 Å². The van der Waals surface area contributed by atoms with Crippen LogP contribution in [0.25, 0.3) is 0 Å². The predicted molar refractivity (Wildman–Crippen MR) is 155 cm³/mol. The summed E-state index contributed by atoms with van der Waals surface area (Å²) >= 11 is 0. The number of nitrogens with two attached hydrogens (primary N) is 1. The molecule has 2 heterocycles. The molecule has 2 aliphatic rings. The summed E-state index contributed by atoms with van der Waals surface area (Å²) in [5, 5.41) is 5.46. The number of rotatable bonds is 15. The molecule has 2 saturated heterocycles. The number of carbonyl (C=O) groups excluding carboxylic acids is 3. The quantitative estimate of drug-likeness (QED) is 0.209. The maximum atomic E-state index is 13.4. The molecule has 228 valence electrons. The van der Waals surface area contributed by atoms with E-state index < -0.39 is 52.5 Å². The van der Waals surface area contributed by atoms with Crippen LogP contribution in [0, 0.1) is 0 Å². The molecule has 2 aromatic carbocycles. The number of amides is 3. The third-order valence-electron chi connectivity index (χ3n) is 7.27. The van der Waals surface area contributed by atoms with Gasteiger partial charge in [0.05, 0.1) is 37.8 Å². The minimum absolute atomic E-state index is 0.0574. The van der Waals surface area contributed by atoms with Crippen molar-refractivity contribution < 1.29 is 32.3 Å². The number of ether oxygens (including phenoxy) is 2. The molecule has 0 spiro atoms. The lowest BCUT2D eigenvalue weighted by Gasteiger charge is -2.28. The average molecular weight is 602 g/mol. The number of nitrogens with one attached hydrogen (secondary N) is 3. The zero-order valence-electron chi connectivity index (χ0n) is 23.6. The normalized spacial score (nSPS) is 21.1. The zero-order chi connectivity index (χ0) is 30.1. The maximum absolute atomic E-state index is 13.4. The van der Waals surface area contributed by atoms with Gasteiger partial charge in [-0.1, -0.05) is 60.7 Å². The van der Waals surface area contributed by atoms with Gasteiger partial charge in [-0.15, -0.1) is 0 Å². The zero-order valence-corrected chi connectivity index (χ0v) is 24.4. The third kappa shape index (κ3) is 9.33. The highest BCUT2D eigenvalue weighted by atomic mass is 32.2. The Bertz CT molecular complexity index is 1310. The molecule has 0 radical (unpaired) electrons. The monoisotopic (exact) mass is 601 g/mol. The van der Waals surface area contributed by atoms with Crippen LogP contribution in [0.15, 0.2) is 60.7 Å². The number of benzene rings is 2. The molecule has 42 heavy (non-hydrogen) atoms. The second-order valence-corrected chi connectivity index (χ2v) is 12.3. The van der Waals surface area contributed by atoms with Gasteiger partial charge in [0.15, 0.2) is 0 Å². The Balaban J connectivity index is 1.40. The fourth-order valence-corrected chi connectivity index (χ4v) is 6.28. The summed E-state index contributed by atoms with van der Waals surface area (Å²) in [6, 6.07) is 16.7. The van der Waals surface area contributed by atoms with E-state index in [1.807, 2.05) is 48.5 Å². The van der Waals surface area contributed by atoms with Crippen LogP contribution in [0.3, 0.4) is 0 Å². The molecule has 3 unspecified atom stereocenters. The van der Waals surface area contributed by atoms with Crippen LogP contribution in [0.2, 0.25) is 0 Å². The summed E-state index contributed by atoms with van der Waals surface area (Å²) in [7, 11) is -3.96. The summed E-state index contributed by atoms with van der Waals surface area (Å²) in [5.41, 5.74) is 7.58. The molecular formula is C29H39N5O7S. The first-order valence-corrected chi connectivity index (χ1v) is 15.5. The van der Waals surface area contributed by atoms with Gasteiger partial charge in [0.1, 0.15) is 12.1 Å². The minimum Gasteiger partial charge on any atom is -0.379 e. The first kappa shape index (κ1) is 31.6. The van der Waals surface area contributed by atoms with Crippen molar-refractivity contribution in [3.63, 3.8) is 0 Å². The van der Waals surface area contributed by atoms with Crippen molar-refractivity contribution in [3.05, 3.63) is 71.8 Å². The van der Waals surface area contributed by atoms with Gasteiger partial charge in [0.25, 0.3) is 10.2 Å². The lowest BCUT2D eigenvalue weighted by molar-refractivity contribution is -0.132. The van der Waals surface area contributed by atoms with Crippen molar-refractivity contribution in [2.45, 2.75) is 62.9 Å². The molecule has 3 amide bonds. The summed E-state index contributed by atoms with van der Waals surface area (Å²) in [6.07, 6.45) is 1.32. The number of primary amides is 1. The highest BCUT2D eigenvalue weighted by Gasteiger charge is 2.45. The van der Waals surface area contributed by atoms with E-state index >= 15 is 0 Å². The molecule has 0 saturated carbocycles. The van der Waals surface area contributed by atoms with Crippen molar-refractivity contribution in [1.29, 1.82) is 0 Å². The second kappa shape index (κ2) is 14.7. The van der Waals surface area contributed by atoms with Crippen molar-refractivity contribution in [2.24, 2.45) is 5.73 Å². The van der Waals surface area contributed by atoms with Gasteiger partial charge in [-0.05, 0) is 37.3 Å². The molecule has 12 nitrogen and oxygen atoms in total. The van der Waals surface area contributed by atoms with Crippen LogP contribution in [0.1, 0.15) is 30.9 Å². The van der Waals surface area contributed by atoms with Gasteiger partial charge in [-0.25, -0.2) is 0 Å². The largest absolute Gasteiger partial charge is 0.379 e. The molecule has 2 fully saturated rings. The number of morpholine rings is 1. The average Bonchev–Trinajstić information content (AvgIpc) is 3.76. The molecule has 0 aliphatic carbocycles. The van der Waals surface area contributed by atoms with E-state index in [2.05, 4.69) is 27.5 Å². The van der Waals surface area contributed by atoms with E-state index in [1.54, 1.807) is 0 Å². The predicted octanol–water partition coefficient (Wildman–Crippen LogP) is 0.0294. The second-order valence-electron chi connectivity index (χ2n) is 10.6. The number of carbonyl (C=O) groups is 3. The van der Waals surface area contributed by atoms with Gasteiger partial charge in [0, 0.05) is 13.1 Å². The fourth-order valence-electron chi connectivity index (χ4n) is 4.94. The van der Waals surface area contributed by atoms with E-state index in [0.29, 0.717) is 6.42 Å². The Kier molecular flexibility index (Phi) is 11.0. The number of nitrogens with zero attached hydrogens (tertiary/aromatic N) is 1. The first-order chi connectivity index (χ1) is 20.1. The molecule has 5 N–H and O–H groups in total. The Morgan fingerprint density at radius 3 is 2.19 bits per heavy atom. The molecule has 2 aromatic rings.